The maximum absolute atomic E-state index is 4.50. The minimum absolute atomic E-state index is 0.873. The van der Waals surface area contributed by atoms with Crippen LogP contribution in [0.25, 0.3) is 10.9 Å². The smallest absolute Gasteiger partial charge is 0.191 e. The topological polar surface area (TPSA) is 41.4 Å². The molecule has 0 radical (unpaired) electrons. The molecular formula is C17H26N4. The third kappa shape index (κ3) is 4.52. The molecule has 0 fully saturated rings. The summed E-state index contributed by atoms with van der Waals surface area (Å²) in [6, 6.07) is 10.7. The number of aliphatic imine (C=N–C) groups is 1. The van der Waals surface area contributed by atoms with Gasteiger partial charge in [0, 0.05) is 37.9 Å². The molecule has 4 nitrogen and oxygen atoms in total. The maximum Gasteiger partial charge on any atom is 0.191 e. The first kappa shape index (κ1) is 15.4. The number of aryl methyl sites for hydroxylation is 1. The van der Waals surface area contributed by atoms with E-state index in [9.17, 15) is 0 Å². The number of aromatic nitrogens is 1. The molecule has 0 amide bonds. The second-order valence-corrected chi connectivity index (χ2v) is 5.11. The Balaban J connectivity index is 1.81. The molecule has 2 N–H and O–H groups in total. The summed E-state index contributed by atoms with van der Waals surface area (Å²) < 4.78 is 2.31. The first-order chi connectivity index (χ1) is 10.3. The van der Waals surface area contributed by atoms with Crippen molar-refractivity contribution in [1.82, 2.24) is 15.2 Å². The van der Waals surface area contributed by atoms with E-state index in [0.29, 0.717) is 0 Å². The maximum atomic E-state index is 4.50. The second kappa shape index (κ2) is 8.35. The zero-order valence-electron chi connectivity index (χ0n) is 13.1. The van der Waals surface area contributed by atoms with E-state index in [0.717, 1.165) is 45.0 Å². The van der Waals surface area contributed by atoms with E-state index in [1.165, 1.54) is 10.9 Å². The zero-order chi connectivity index (χ0) is 14.9. The summed E-state index contributed by atoms with van der Waals surface area (Å²) in [5, 5.41) is 7.97. The molecule has 114 valence electrons. The van der Waals surface area contributed by atoms with Crippen molar-refractivity contribution < 1.29 is 0 Å². The third-order valence-corrected chi connectivity index (χ3v) is 3.39. The molecule has 21 heavy (non-hydrogen) atoms. The lowest BCUT2D eigenvalue weighted by molar-refractivity contribution is 0.640. The van der Waals surface area contributed by atoms with Crippen molar-refractivity contribution in [3.05, 3.63) is 36.5 Å². The normalized spacial score (nSPS) is 11.8. The van der Waals surface area contributed by atoms with E-state index in [4.69, 9.17) is 0 Å². The summed E-state index contributed by atoms with van der Waals surface area (Å²) in [6.45, 7) is 7.96. The second-order valence-electron chi connectivity index (χ2n) is 5.11. The number of benzene rings is 1. The van der Waals surface area contributed by atoms with E-state index < -0.39 is 0 Å². The molecule has 4 heteroatoms. The highest BCUT2D eigenvalue weighted by molar-refractivity contribution is 5.80. The summed E-state index contributed by atoms with van der Waals surface area (Å²) in [5.41, 5.74) is 1.31. The molecule has 0 atom stereocenters. The Morgan fingerprint density at radius 3 is 2.81 bits per heavy atom. The van der Waals surface area contributed by atoms with Crippen LogP contribution in [0.15, 0.2) is 41.5 Å². The van der Waals surface area contributed by atoms with Crippen molar-refractivity contribution in [2.75, 3.05) is 19.6 Å². The van der Waals surface area contributed by atoms with Gasteiger partial charge < -0.3 is 15.2 Å². The molecule has 0 saturated carbocycles. The van der Waals surface area contributed by atoms with Gasteiger partial charge in [-0.1, -0.05) is 25.1 Å². The van der Waals surface area contributed by atoms with Gasteiger partial charge in [0.2, 0.25) is 0 Å². The highest BCUT2D eigenvalue weighted by Gasteiger charge is 2.00. The number of rotatable bonds is 7. The standard InChI is InChI=1S/C17H26N4/c1-3-11-19-17(18-4-2)20-12-7-13-21-14-10-15-8-5-6-9-16(15)21/h5-6,8-10,14H,3-4,7,11-13H2,1-2H3,(H2,18,19,20). The molecule has 1 aromatic heterocycles. The number of fused-ring (bicyclic) bond motifs is 1. The van der Waals surface area contributed by atoms with E-state index in [-0.39, 0.29) is 0 Å². The fraction of sp³-hybridized carbons (Fsp3) is 0.471. The van der Waals surface area contributed by atoms with Gasteiger partial charge in [0.05, 0.1) is 0 Å². The molecular weight excluding hydrogens is 260 g/mol. The quantitative estimate of drug-likeness (QED) is 0.467. The summed E-state index contributed by atoms with van der Waals surface area (Å²) in [6.07, 6.45) is 4.32. The first-order valence-electron chi connectivity index (χ1n) is 7.91. The first-order valence-corrected chi connectivity index (χ1v) is 7.91. The lowest BCUT2D eigenvalue weighted by Gasteiger charge is -2.11. The SMILES string of the molecule is CCCN=C(NCC)NCCCn1ccc2ccccc21. The molecule has 0 unspecified atom stereocenters. The van der Waals surface area contributed by atoms with Gasteiger partial charge in [-0.15, -0.1) is 0 Å². The predicted octanol–water partition coefficient (Wildman–Crippen LogP) is 3.00. The Hall–Kier alpha value is -1.97. The van der Waals surface area contributed by atoms with E-state index >= 15 is 0 Å². The molecule has 2 rings (SSSR count). The minimum atomic E-state index is 0.873. The average Bonchev–Trinajstić information content (AvgIpc) is 2.92. The van der Waals surface area contributed by atoms with Gasteiger partial charge in [-0.05, 0) is 37.3 Å². The van der Waals surface area contributed by atoms with Gasteiger partial charge in [-0.25, -0.2) is 0 Å². The molecule has 1 aromatic carbocycles. The van der Waals surface area contributed by atoms with Gasteiger partial charge in [-0.3, -0.25) is 4.99 Å². The van der Waals surface area contributed by atoms with E-state index in [1.807, 2.05) is 0 Å². The van der Waals surface area contributed by atoms with Gasteiger partial charge in [0.1, 0.15) is 0 Å². The molecule has 0 aliphatic rings. The van der Waals surface area contributed by atoms with Gasteiger partial charge in [-0.2, -0.15) is 0 Å². The average molecular weight is 286 g/mol. The largest absolute Gasteiger partial charge is 0.357 e. The van der Waals surface area contributed by atoms with Crippen LogP contribution in [0.5, 0.6) is 0 Å². The predicted molar refractivity (Wildman–Crippen MR) is 90.8 cm³/mol. The van der Waals surface area contributed by atoms with Crippen LogP contribution >= 0.6 is 0 Å². The lowest BCUT2D eigenvalue weighted by atomic mass is 10.2. The molecule has 0 aliphatic carbocycles. The molecule has 0 bridgehead atoms. The van der Waals surface area contributed by atoms with Gasteiger partial charge in [0.25, 0.3) is 0 Å². The number of guanidine groups is 1. The monoisotopic (exact) mass is 286 g/mol. The van der Waals surface area contributed by atoms with Crippen molar-refractivity contribution in [2.24, 2.45) is 4.99 Å². The van der Waals surface area contributed by atoms with Crippen LogP contribution in [-0.4, -0.2) is 30.2 Å². The van der Waals surface area contributed by atoms with Crippen LogP contribution in [0.4, 0.5) is 0 Å². The van der Waals surface area contributed by atoms with Crippen molar-refractivity contribution in [1.29, 1.82) is 0 Å². The van der Waals surface area contributed by atoms with Gasteiger partial charge >= 0.3 is 0 Å². The lowest BCUT2D eigenvalue weighted by Crippen LogP contribution is -2.38. The highest BCUT2D eigenvalue weighted by Crippen LogP contribution is 2.15. The number of para-hydroxylation sites is 1. The van der Waals surface area contributed by atoms with E-state index in [1.54, 1.807) is 0 Å². The zero-order valence-corrected chi connectivity index (χ0v) is 13.1. The van der Waals surface area contributed by atoms with Gasteiger partial charge in [0.15, 0.2) is 5.96 Å². The Morgan fingerprint density at radius 1 is 1.14 bits per heavy atom. The van der Waals surface area contributed by atoms with Crippen LogP contribution in [0.1, 0.15) is 26.7 Å². The van der Waals surface area contributed by atoms with Crippen molar-refractivity contribution in [2.45, 2.75) is 33.2 Å². The Bertz CT molecular complexity index is 571. The number of hydrogen-bond acceptors (Lipinski definition) is 1. The Kier molecular flexibility index (Phi) is 6.13. The van der Waals surface area contributed by atoms with Crippen molar-refractivity contribution in [3.8, 4) is 0 Å². The van der Waals surface area contributed by atoms with Crippen LogP contribution in [-0.2, 0) is 6.54 Å². The molecule has 0 spiro atoms. The molecule has 1 heterocycles. The van der Waals surface area contributed by atoms with Crippen LogP contribution in [0.2, 0.25) is 0 Å². The van der Waals surface area contributed by atoms with Crippen molar-refractivity contribution in [3.63, 3.8) is 0 Å². The van der Waals surface area contributed by atoms with E-state index in [2.05, 4.69) is 70.6 Å². The Morgan fingerprint density at radius 2 is 2.00 bits per heavy atom. The summed E-state index contributed by atoms with van der Waals surface area (Å²) >= 11 is 0. The fourth-order valence-corrected chi connectivity index (χ4v) is 2.36. The van der Waals surface area contributed by atoms with Crippen LogP contribution in [0.3, 0.4) is 0 Å². The highest BCUT2D eigenvalue weighted by atomic mass is 15.2. The summed E-state index contributed by atoms with van der Waals surface area (Å²) in [4.78, 5) is 4.50. The fourth-order valence-electron chi connectivity index (χ4n) is 2.36. The van der Waals surface area contributed by atoms with Crippen LogP contribution < -0.4 is 10.6 Å². The number of hydrogen-bond donors (Lipinski definition) is 2. The molecule has 0 saturated heterocycles. The number of nitrogens with one attached hydrogen (secondary N) is 2. The molecule has 2 aromatic rings. The summed E-state index contributed by atoms with van der Waals surface area (Å²) in [7, 11) is 0. The minimum Gasteiger partial charge on any atom is -0.357 e. The third-order valence-electron chi connectivity index (χ3n) is 3.39. The Labute approximate surface area is 127 Å². The number of nitrogens with zero attached hydrogens (tertiary/aromatic N) is 2. The molecule has 0 aliphatic heterocycles. The van der Waals surface area contributed by atoms with Crippen LogP contribution in [0, 0.1) is 0 Å². The summed E-state index contributed by atoms with van der Waals surface area (Å²) in [5.74, 6) is 0.928. The van der Waals surface area contributed by atoms with Crippen molar-refractivity contribution >= 4 is 16.9 Å².